The molecule has 0 radical (unpaired) electrons. The molecule has 1 aromatic carbocycles. The molecule has 6 heteroatoms. The smallest absolute Gasteiger partial charge is 0.211 e. The number of nitrogens with zero attached hydrogens (tertiary/aromatic N) is 1. The van der Waals surface area contributed by atoms with Crippen LogP contribution in [-0.2, 0) is 21.2 Å². The zero-order valence-electron chi connectivity index (χ0n) is 14.3. The minimum Gasteiger partial charge on any atom is -0.379 e. The summed E-state index contributed by atoms with van der Waals surface area (Å²) in [4.78, 5) is 2.27. The van der Waals surface area contributed by atoms with Gasteiger partial charge in [-0.05, 0) is 31.5 Å². The highest BCUT2D eigenvalue weighted by atomic mass is 32.2. The third-order valence-electron chi connectivity index (χ3n) is 3.74. The van der Waals surface area contributed by atoms with Crippen LogP contribution in [0, 0.1) is 0 Å². The molecule has 0 amide bonds. The minimum atomic E-state index is -3.20. The molecule has 0 bridgehead atoms. The van der Waals surface area contributed by atoms with E-state index in [0.29, 0.717) is 26.2 Å². The summed E-state index contributed by atoms with van der Waals surface area (Å²) in [6.45, 7) is 8.53. The zero-order chi connectivity index (χ0) is 17.0. The fourth-order valence-corrected chi connectivity index (χ4v) is 3.35. The molecule has 0 spiro atoms. The highest BCUT2D eigenvalue weighted by molar-refractivity contribution is 7.89. The SMILES string of the molecule is CCN(CC)CCOCCNS(=O)(=O)CCCc1ccccc1. The molecule has 0 saturated heterocycles. The second-order valence-electron chi connectivity index (χ2n) is 5.44. The van der Waals surface area contributed by atoms with Crippen molar-refractivity contribution in [3.05, 3.63) is 35.9 Å². The molecule has 0 atom stereocenters. The van der Waals surface area contributed by atoms with Crippen LogP contribution in [-0.4, -0.2) is 58.5 Å². The van der Waals surface area contributed by atoms with Crippen LogP contribution >= 0.6 is 0 Å². The number of hydrogen-bond donors (Lipinski definition) is 1. The van der Waals surface area contributed by atoms with Crippen LogP contribution in [0.3, 0.4) is 0 Å². The first-order chi connectivity index (χ1) is 11.1. The summed E-state index contributed by atoms with van der Waals surface area (Å²) >= 11 is 0. The van der Waals surface area contributed by atoms with E-state index in [9.17, 15) is 8.42 Å². The average molecular weight is 343 g/mol. The van der Waals surface area contributed by atoms with E-state index < -0.39 is 10.0 Å². The van der Waals surface area contributed by atoms with E-state index in [1.807, 2.05) is 30.3 Å². The maximum Gasteiger partial charge on any atom is 0.211 e. The van der Waals surface area contributed by atoms with Crippen molar-refractivity contribution < 1.29 is 13.2 Å². The molecule has 1 aromatic rings. The van der Waals surface area contributed by atoms with Crippen molar-refractivity contribution in [1.82, 2.24) is 9.62 Å². The van der Waals surface area contributed by atoms with Crippen LogP contribution in [0.5, 0.6) is 0 Å². The first kappa shape index (κ1) is 20.1. The van der Waals surface area contributed by atoms with E-state index in [2.05, 4.69) is 23.5 Å². The lowest BCUT2D eigenvalue weighted by molar-refractivity contribution is 0.111. The third kappa shape index (κ3) is 9.71. The van der Waals surface area contributed by atoms with Crippen molar-refractivity contribution >= 4 is 10.0 Å². The molecule has 1 N–H and O–H groups in total. The van der Waals surface area contributed by atoms with Crippen molar-refractivity contribution in [2.24, 2.45) is 0 Å². The fourth-order valence-electron chi connectivity index (χ4n) is 2.29. The lowest BCUT2D eigenvalue weighted by atomic mass is 10.1. The van der Waals surface area contributed by atoms with Crippen LogP contribution < -0.4 is 4.72 Å². The standard InChI is InChI=1S/C17H30N2O3S/c1-3-19(4-2)13-15-22-14-12-18-23(20,21)16-8-11-17-9-6-5-7-10-17/h5-7,9-10,18H,3-4,8,11-16H2,1-2H3. The van der Waals surface area contributed by atoms with Crippen molar-refractivity contribution in [3.63, 3.8) is 0 Å². The van der Waals surface area contributed by atoms with Gasteiger partial charge in [0.05, 0.1) is 19.0 Å². The molecule has 0 unspecified atom stereocenters. The number of aryl methyl sites for hydroxylation is 1. The van der Waals surface area contributed by atoms with Gasteiger partial charge in [-0.1, -0.05) is 44.2 Å². The Morgan fingerprint density at radius 2 is 1.78 bits per heavy atom. The van der Waals surface area contributed by atoms with Crippen LogP contribution in [0.4, 0.5) is 0 Å². The van der Waals surface area contributed by atoms with Gasteiger partial charge in [-0.25, -0.2) is 13.1 Å². The first-order valence-corrected chi connectivity index (χ1v) is 10.0. The summed E-state index contributed by atoms with van der Waals surface area (Å²) in [7, 11) is -3.20. The first-order valence-electron chi connectivity index (χ1n) is 8.38. The summed E-state index contributed by atoms with van der Waals surface area (Å²) in [5.41, 5.74) is 1.17. The number of rotatable bonds is 13. The quantitative estimate of drug-likeness (QED) is 0.556. The maximum atomic E-state index is 11.9. The Hall–Kier alpha value is -0.950. The monoisotopic (exact) mass is 342 g/mol. The topological polar surface area (TPSA) is 58.6 Å². The summed E-state index contributed by atoms with van der Waals surface area (Å²) in [6, 6.07) is 9.94. The Balaban J connectivity index is 2.08. The molecule has 0 aliphatic carbocycles. The molecule has 0 saturated carbocycles. The second kappa shape index (κ2) is 11.6. The maximum absolute atomic E-state index is 11.9. The number of likely N-dealkylation sites (N-methyl/N-ethyl adjacent to an activating group) is 1. The third-order valence-corrected chi connectivity index (χ3v) is 5.21. The Kier molecular flexibility index (Phi) is 10.1. The zero-order valence-corrected chi connectivity index (χ0v) is 15.1. The van der Waals surface area contributed by atoms with Crippen molar-refractivity contribution in [3.8, 4) is 0 Å². The molecule has 0 aliphatic heterocycles. The molecule has 5 nitrogen and oxygen atoms in total. The highest BCUT2D eigenvalue weighted by Crippen LogP contribution is 2.03. The van der Waals surface area contributed by atoms with Crippen molar-refractivity contribution in [2.45, 2.75) is 26.7 Å². The van der Waals surface area contributed by atoms with Crippen LogP contribution in [0.1, 0.15) is 25.8 Å². The van der Waals surface area contributed by atoms with E-state index >= 15 is 0 Å². The van der Waals surface area contributed by atoms with Gasteiger partial charge in [0, 0.05) is 13.1 Å². The number of benzene rings is 1. The summed E-state index contributed by atoms with van der Waals surface area (Å²) in [6.07, 6.45) is 1.41. The molecule has 0 aromatic heterocycles. The van der Waals surface area contributed by atoms with E-state index in [1.165, 1.54) is 5.56 Å². The molecule has 132 valence electrons. The second-order valence-corrected chi connectivity index (χ2v) is 7.37. The van der Waals surface area contributed by atoms with Gasteiger partial charge in [-0.3, -0.25) is 0 Å². The Morgan fingerprint density at radius 1 is 1.09 bits per heavy atom. The minimum absolute atomic E-state index is 0.154. The number of ether oxygens (including phenoxy) is 1. The number of sulfonamides is 1. The predicted octanol–water partition coefficient (Wildman–Crippen LogP) is 1.90. The molecule has 0 fully saturated rings. The molecule has 0 aliphatic rings. The molecular formula is C17H30N2O3S. The molecule has 0 heterocycles. The van der Waals surface area contributed by atoms with Crippen LogP contribution in [0.2, 0.25) is 0 Å². The van der Waals surface area contributed by atoms with Gasteiger partial charge in [-0.2, -0.15) is 0 Å². The normalized spacial score (nSPS) is 12.0. The van der Waals surface area contributed by atoms with Gasteiger partial charge in [0.2, 0.25) is 10.0 Å². The lowest BCUT2D eigenvalue weighted by Gasteiger charge is -2.17. The largest absolute Gasteiger partial charge is 0.379 e. The Bertz CT molecular complexity index is 502. The Morgan fingerprint density at radius 3 is 2.43 bits per heavy atom. The van der Waals surface area contributed by atoms with Gasteiger partial charge in [-0.15, -0.1) is 0 Å². The van der Waals surface area contributed by atoms with E-state index in [4.69, 9.17) is 4.74 Å². The van der Waals surface area contributed by atoms with Crippen LogP contribution in [0.25, 0.3) is 0 Å². The van der Waals surface area contributed by atoms with Crippen molar-refractivity contribution in [1.29, 1.82) is 0 Å². The fraction of sp³-hybridized carbons (Fsp3) is 0.647. The van der Waals surface area contributed by atoms with E-state index in [-0.39, 0.29) is 5.75 Å². The summed E-state index contributed by atoms with van der Waals surface area (Å²) in [5, 5.41) is 0. The summed E-state index contributed by atoms with van der Waals surface area (Å²) < 4.78 is 31.8. The van der Waals surface area contributed by atoms with Gasteiger partial charge >= 0.3 is 0 Å². The molecular weight excluding hydrogens is 312 g/mol. The summed E-state index contributed by atoms with van der Waals surface area (Å²) in [5.74, 6) is 0.154. The van der Waals surface area contributed by atoms with E-state index in [1.54, 1.807) is 0 Å². The lowest BCUT2D eigenvalue weighted by Crippen LogP contribution is -2.31. The molecule has 23 heavy (non-hydrogen) atoms. The number of hydrogen-bond acceptors (Lipinski definition) is 4. The van der Waals surface area contributed by atoms with Gasteiger partial charge in [0.15, 0.2) is 0 Å². The molecule has 1 rings (SSSR count). The Labute approximate surface area is 141 Å². The average Bonchev–Trinajstić information content (AvgIpc) is 2.55. The van der Waals surface area contributed by atoms with Gasteiger partial charge in [0.25, 0.3) is 0 Å². The predicted molar refractivity (Wildman–Crippen MR) is 95.2 cm³/mol. The van der Waals surface area contributed by atoms with Gasteiger partial charge < -0.3 is 9.64 Å². The highest BCUT2D eigenvalue weighted by Gasteiger charge is 2.09. The van der Waals surface area contributed by atoms with Crippen LogP contribution in [0.15, 0.2) is 30.3 Å². The van der Waals surface area contributed by atoms with E-state index in [0.717, 1.165) is 26.1 Å². The van der Waals surface area contributed by atoms with Crippen molar-refractivity contribution in [2.75, 3.05) is 45.1 Å². The van der Waals surface area contributed by atoms with Gasteiger partial charge in [0.1, 0.15) is 0 Å². The number of nitrogens with one attached hydrogen (secondary N) is 1.